The number of aliphatic carboxylic acids is 1. The van der Waals surface area contributed by atoms with Gasteiger partial charge in [-0.2, -0.15) is 0 Å². The van der Waals surface area contributed by atoms with E-state index in [0.29, 0.717) is 6.61 Å². The first-order valence-corrected chi connectivity index (χ1v) is 7.25. The lowest BCUT2D eigenvalue weighted by Crippen LogP contribution is -2.42. The van der Waals surface area contributed by atoms with Crippen molar-refractivity contribution in [3.05, 3.63) is 0 Å². The van der Waals surface area contributed by atoms with Gasteiger partial charge in [-0.05, 0) is 26.2 Å². The van der Waals surface area contributed by atoms with Crippen molar-refractivity contribution in [3.63, 3.8) is 0 Å². The van der Waals surface area contributed by atoms with E-state index in [-0.39, 0.29) is 37.6 Å². The van der Waals surface area contributed by atoms with Crippen LogP contribution in [0, 0.1) is 0 Å². The first-order chi connectivity index (χ1) is 9.54. The van der Waals surface area contributed by atoms with E-state index in [1.807, 2.05) is 13.8 Å². The van der Waals surface area contributed by atoms with Crippen LogP contribution in [0.5, 0.6) is 0 Å². The molecule has 1 N–H and O–H groups in total. The summed E-state index contributed by atoms with van der Waals surface area (Å²) >= 11 is 0. The van der Waals surface area contributed by atoms with Crippen LogP contribution in [0.3, 0.4) is 0 Å². The summed E-state index contributed by atoms with van der Waals surface area (Å²) < 4.78 is 10.8. The van der Waals surface area contributed by atoms with Gasteiger partial charge in [0, 0.05) is 19.2 Å². The summed E-state index contributed by atoms with van der Waals surface area (Å²) in [7, 11) is 0. The van der Waals surface area contributed by atoms with Crippen molar-refractivity contribution < 1.29 is 24.2 Å². The van der Waals surface area contributed by atoms with Gasteiger partial charge in [0.15, 0.2) is 0 Å². The number of carbonyl (C=O) groups is 2. The fourth-order valence-electron chi connectivity index (χ4n) is 2.16. The summed E-state index contributed by atoms with van der Waals surface area (Å²) in [5, 5.41) is 8.73. The minimum absolute atomic E-state index is 0.0101. The molecule has 0 saturated carbocycles. The minimum atomic E-state index is -0.897. The number of carboxylic acid groups (broad SMARTS) is 1. The van der Waals surface area contributed by atoms with Crippen molar-refractivity contribution in [2.75, 3.05) is 26.4 Å². The first kappa shape index (κ1) is 16.9. The number of carbonyl (C=O) groups excluding carboxylic acids is 1. The van der Waals surface area contributed by atoms with E-state index in [2.05, 4.69) is 0 Å². The second-order valence-electron chi connectivity index (χ2n) is 5.14. The van der Waals surface area contributed by atoms with E-state index in [1.54, 1.807) is 4.90 Å². The topological polar surface area (TPSA) is 76.1 Å². The molecule has 1 fully saturated rings. The largest absolute Gasteiger partial charge is 0.481 e. The number of nitrogens with zero attached hydrogens (tertiary/aromatic N) is 1. The standard InChI is InChI=1S/C14H25NO5/c1-3-11(2)15(7-6-14(17)18)13(16)10-19-9-12-5-4-8-20-12/h11-12H,3-10H2,1-2H3,(H,17,18)/t11-,12+/m0/s1. The molecule has 0 aromatic rings. The average molecular weight is 287 g/mol. The number of hydrogen-bond acceptors (Lipinski definition) is 4. The fraction of sp³-hybridized carbons (Fsp3) is 0.857. The van der Waals surface area contributed by atoms with Crippen molar-refractivity contribution in [3.8, 4) is 0 Å². The molecular formula is C14H25NO5. The molecule has 1 rings (SSSR count). The van der Waals surface area contributed by atoms with Crippen molar-refractivity contribution in [2.24, 2.45) is 0 Å². The van der Waals surface area contributed by atoms with Crippen LogP contribution in [-0.2, 0) is 19.1 Å². The van der Waals surface area contributed by atoms with Crippen molar-refractivity contribution in [2.45, 2.75) is 51.7 Å². The van der Waals surface area contributed by atoms with Gasteiger partial charge in [0.1, 0.15) is 6.61 Å². The maximum atomic E-state index is 12.1. The molecule has 0 aliphatic carbocycles. The van der Waals surface area contributed by atoms with Gasteiger partial charge >= 0.3 is 5.97 Å². The normalized spacial score (nSPS) is 19.8. The van der Waals surface area contributed by atoms with Crippen LogP contribution < -0.4 is 0 Å². The molecule has 6 nitrogen and oxygen atoms in total. The van der Waals surface area contributed by atoms with Gasteiger partial charge in [-0.3, -0.25) is 9.59 Å². The quantitative estimate of drug-likeness (QED) is 0.691. The Morgan fingerprint density at radius 2 is 2.25 bits per heavy atom. The van der Waals surface area contributed by atoms with Crippen LogP contribution in [-0.4, -0.2) is 60.4 Å². The van der Waals surface area contributed by atoms with E-state index in [9.17, 15) is 9.59 Å². The van der Waals surface area contributed by atoms with E-state index < -0.39 is 5.97 Å². The van der Waals surface area contributed by atoms with Gasteiger partial charge in [-0.1, -0.05) is 6.92 Å². The zero-order valence-electron chi connectivity index (χ0n) is 12.3. The Kier molecular flexibility index (Phi) is 7.54. The molecule has 6 heteroatoms. The highest BCUT2D eigenvalue weighted by Crippen LogP contribution is 2.12. The fourth-order valence-corrected chi connectivity index (χ4v) is 2.16. The van der Waals surface area contributed by atoms with Gasteiger partial charge < -0.3 is 19.5 Å². The summed E-state index contributed by atoms with van der Waals surface area (Å²) in [5.74, 6) is -1.05. The molecule has 20 heavy (non-hydrogen) atoms. The van der Waals surface area contributed by atoms with Crippen molar-refractivity contribution in [1.29, 1.82) is 0 Å². The maximum absolute atomic E-state index is 12.1. The van der Waals surface area contributed by atoms with Gasteiger partial charge in [0.05, 0.1) is 19.1 Å². The zero-order valence-corrected chi connectivity index (χ0v) is 12.3. The highest BCUT2D eigenvalue weighted by atomic mass is 16.5. The van der Waals surface area contributed by atoms with Gasteiger partial charge in [0.2, 0.25) is 5.91 Å². The molecule has 1 amide bonds. The Morgan fingerprint density at radius 1 is 1.50 bits per heavy atom. The number of rotatable bonds is 9. The third-order valence-corrected chi connectivity index (χ3v) is 3.56. The lowest BCUT2D eigenvalue weighted by Gasteiger charge is -2.28. The summed E-state index contributed by atoms with van der Waals surface area (Å²) in [5.41, 5.74) is 0. The lowest BCUT2D eigenvalue weighted by atomic mass is 10.2. The van der Waals surface area contributed by atoms with Gasteiger partial charge in [-0.15, -0.1) is 0 Å². The van der Waals surface area contributed by atoms with E-state index in [0.717, 1.165) is 25.9 Å². The number of amides is 1. The highest BCUT2D eigenvalue weighted by molar-refractivity contribution is 5.78. The van der Waals surface area contributed by atoms with Crippen molar-refractivity contribution >= 4 is 11.9 Å². The van der Waals surface area contributed by atoms with E-state index >= 15 is 0 Å². The van der Waals surface area contributed by atoms with Crippen LogP contribution in [0.4, 0.5) is 0 Å². The highest BCUT2D eigenvalue weighted by Gasteiger charge is 2.21. The van der Waals surface area contributed by atoms with Gasteiger partial charge in [0.25, 0.3) is 0 Å². The maximum Gasteiger partial charge on any atom is 0.305 e. The molecule has 0 spiro atoms. The molecular weight excluding hydrogens is 262 g/mol. The first-order valence-electron chi connectivity index (χ1n) is 7.25. The molecule has 1 aliphatic heterocycles. The molecule has 0 bridgehead atoms. The number of ether oxygens (including phenoxy) is 2. The number of carboxylic acids is 1. The Bertz CT molecular complexity index is 315. The molecule has 116 valence electrons. The van der Waals surface area contributed by atoms with E-state index in [4.69, 9.17) is 14.6 Å². The molecule has 0 radical (unpaired) electrons. The summed E-state index contributed by atoms with van der Waals surface area (Å²) in [4.78, 5) is 24.3. The average Bonchev–Trinajstić information content (AvgIpc) is 2.91. The van der Waals surface area contributed by atoms with Crippen LogP contribution >= 0.6 is 0 Å². The molecule has 0 unspecified atom stereocenters. The predicted molar refractivity (Wildman–Crippen MR) is 73.5 cm³/mol. The zero-order chi connectivity index (χ0) is 15.0. The molecule has 2 atom stereocenters. The molecule has 1 saturated heterocycles. The van der Waals surface area contributed by atoms with Crippen LogP contribution in [0.1, 0.15) is 39.5 Å². The van der Waals surface area contributed by atoms with Crippen molar-refractivity contribution in [1.82, 2.24) is 4.90 Å². The molecule has 0 aromatic heterocycles. The summed E-state index contributed by atoms with van der Waals surface area (Å²) in [6, 6.07) is 0.0215. The van der Waals surface area contributed by atoms with Crippen LogP contribution in [0.25, 0.3) is 0 Å². The predicted octanol–water partition coefficient (Wildman–Crippen LogP) is 1.28. The lowest BCUT2D eigenvalue weighted by molar-refractivity contribution is -0.142. The summed E-state index contributed by atoms with van der Waals surface area (Å²) in [6.07, 6.45) is 2.86. The molecule has 1 heterocycles. The van der Waals surface area contributed by atoms with Gasteiger partial charge in [-0.25, -0.2) is 0 Å². The molecule has 1 aliphatic rings. The van der Waals surface area contributed by atoms with Crippen LogP contribution in [0.2, 0.25) is 0 Å². The Balaban J connectivity index is 2.34. The summed E-state index contributed by atoms with van der Waals surface area (Å²) in [6.45, 7) is 5.30. The third kappa shape index (κ3) is 5.88. The monoisotopic (exact) mass is 287 g/mol. The SMILES string of the molecule is CC[C@H](C)N(CCC(=O)O)C(=O)COC[C@H]1CCCO1. The Morgan fingerprint density at radius 3 is 2.80 bits per heavy atom. The molecule has 0 aromatic carbocycles. The van der Waals surface area contributed by atoms with Crippen LogP contribution in [0.15, 0.2) is 0 Å². The second-order valence-corrected chi connectivity index (χ2v) is 5.14. The second kappa shape index (κ2) is 8.92. The smallest absolute Gasteiger partial charge is 0.305 e. The Hall–Kier alpha value is -1.14. The minimum Gasteiger partial charge on any atom is -0.481 e. The third-order valence-electron chi connectivity index (χ3n) is 3.56. The van der Waals surface area contributed by atoms with E-state index in [1.165, 1.54) is 0 Å². The number of hydrogen-bond donors (Lipinski definition) is 1. The Labute approximate surface area is 120 Å².